The number of ether oxygens (including phenoxy) is 1. The van der Waals surface area contributed by atoms with Gasteiger partial charge in [-0.25, -0.2) is 4.79 Å². The summed E-state index contributed by atoms with van der Waals surface area (Å²) in [6.45, 7) is 2.10. The Balaban J connectivity index is 2.17. The number of hydrogen-bond donors (Lipinski definition) is 0. The van der Waals surface area contributed by atoms with Crippen molar-refractivity contribution in [2.45, 2.75) is 16.0 Å². The number of esters is 1. The van der Waals surface area contributed by atoms with Gasteiger partial charge in [0.05, 0.1) is 6.61 Å². The Labute approximate surface area is 121 Å². The molecule has 0 fully saturated rings. The Kier molecular flexibility index (Phi) is 4.73. The number of rotatable bonds is 4. The largest absolute Gasteiger partial charge is 0.461 e. The smallest absolute Gasteiger partial charge is 0.361 e. The van der Waals surface area contributed by atoms with E-state index in [1.54, 1.807) is 6.92 Å². The fourth-order valence-corrected chi connectivity index (χ4v) is 3.10. The summed E-state index contributed by atoms with van der Waals surface area (Å²) in [6.07, 6.45) is 0. The molecule has 0 aliphatic heterocycles. The van der Waals surface area contributed by atoms with Gasteiger partial charge in [0.1, 0.15) is 4.21 Å². The summed E-state index contributed by atoms with van der Waals surface area (Å²) in [5.41, 5.74) is 0.287. The monoisotopic (exact) mass is 344 g/mol. The zero-order valence-electron chi connectivity index (χ0n) is 9.42. The molecule has 0 saturated heterocycles. The Bertz CT molecular complexity index is 542. The molecule has 94 valence electrons. The molecule has 0 amide bonds. The van der Waals surface area contributed by atoms with Crippen LogP contribution >= 0.6 is 39.2 Å². The zero-order chi connectivity index (χ0) is 13.0. The predicted octanol–water partition coefficient (Wildman–Crippen LogP) is 3.63. The first-order valence-corrected chi connectivity index (χ1v) is 7.52. The van der Waals surface area contributed by atoms with Crippen LogP contribution in [0.4, 0.5) is 0 Å². The van der Waals surface area contributed by atoms with Crippen LogP contribution in [0.5, 0.6) is 0 Å². The molecule has 4 nitrogen and oxygen atoms in total. The Morgan fingerprint density at radius 1 is 1.44 bits per heavy atom. The normalized spacial score (nSPS) is 10.3. The summed E-state index contributed by atoms with van der Waals surface area (Å²) in [5, 5.41) is 3.81. The molecule has 1 heterocycles. The van der Waals surface area contributed by atoms with Gasteiger partial charge in [-0.2, -0.15) is 0 Å². The molecule has 1 aromatic carbocycles. The van der Waals surface area contributed by atoms with E-state index >= 15 is 0 Å². The van der Waals surface area contributed by atoms with E-state index in [2.05, 4.69) is 25.5 Å². The lowest BCUT2D eigenvalue weighted by molar-refractivity contribution is 0.0515. The molecule has 0 aliphatic carbocycles. The van der Waals surface area contributed by atoms with Crippen molar-refractivity contribution in [3.8, 4) is 0 Å². The maximum absolute atomic E-state index is 11.6. The van der Waals surface area contributed by atoms with Gasteiger partial charge in [-0.15, -0.1) is 5.10 Å². The lowest BCUT2D eigenvalue weighted by Gasteiger charge is -2.01. The fraction of sp³-hybridized carbons (Fsp3) is 0.182. The number of halogens is 1. The van der Waals surface area contributed by atoms with Crippen LogP contribution in [0.25, 0.3) is 0 Å². The summed E-state index contributed by atoms with van der Waals surface area (Å²) in [4.78, 5) is 12.7. The molecule has 0 N–H and O–H groups in total. The average Bonchev–Trinajstić information content (AvgIpc) is 2.81. The van der Waals surface area contributed by atoms with Crippen molar-refractivity contribution in [1.29, 1.82) is 0 Å². The van der Waals surface area contributed by atoms with Crippen molar-refractivity contribution in [2.75, 3.05) is 6.61 Å². The van der Waals surface area contributed by atoms with Crippen LogP contribution in [0.1, 0.15) is 17.4 Å². The van der Waals surface area contributed by atoms with Gasteiger partial charge >= 0.3 is 5.97 Å². The highest BCUT2D eigenvalue weighted by Gasteiger charge is 2.18. The lowest BCUT2D eigenvalue weighted by atomic mass is 10.4. The molecule has 1 aromatic heterocycles. The van der Waals surface area contributed by atoms with Gasteiger partial charge in [-0.1, -0.05) is 32.2 Å². The number of aromatic nitrogens is 2. The average molecular weight is 345 g/mol. The zero-order valence-corrected chi connectivity index (χ0v) is 12.6. The van der Waals surface area contributed by atoms with E-state index in [0.29, 0.717) is 6.61 Å². The quantitative estimate of drug-likeness (QED) is 0.792. The molecule has 0 aliphatic rings. The second-order valence-corrected chi connectivity index (χ2v) is 6.20. The molecule has 0 unspecified atom stereocenters. The van der Waals surface area contributed by atoms with Crippen LogP contribution in [-0.4, -0.2) is 22.2 Å². The van der Waals surface area contributed by atoms with Crippen molar-refractivity contribution in [3.63, 3.8) is 0 Å². The Morgan fingerprint density at radius 2 is 2.17 bits per heavy atom. The van der Waals surface area contributed by atoms with Crippen molar-refractivity contribution in [3.05, 3.63) is 34.4 Å². The summed E-state index contributed by atoms with van der Waals surface area (Å²) >= 11 is 6.02. The summed E-state index contributed by atoms with van der Waals surface area (Å²) in [6, 6.07) is 7.81. The number of hydrogen-bond acceptors (Lipinski definition) is 6. The molecule has 7 heteroatoms. The van der Waals surface area contributed by atoms with Gasteiger partial charge in [0.15, 0.2) is 5.69 Å². The number of carbonyl (C=O) groups excluding carboxylic acids is 1. The first-order valence-electron chi connectivity index (χ1n) is 5.13. The molecule has 0 bridgehead atoms. The van der Waals surface area contributed by atoms with E-state index < -0.39 is 5.97 Å². The van der Waals surface area contributed by atoms with E-state index in [0.717, 1.165) is 13.6 Å². The van der Waals surface area contributed by atoms with Crippen LogP contribution in [0.15, 0.2) is 37.8 Å². The van der Waals surface area contributed by atoms with Crippen LogP contribution in [0.3, 0.4) is 0 Å². The molecule has 0 radical (unpaired) electrons. The number of benzene rings is 1. The minimum atomic E-state index is -0.425. The van der Waals surface area contributed by atoms with Crippen LogP contribution in [-0.2, 0) is 4.74 Å². The van der Waals surface area contributed by atoms with Gasteiger partial charge < -0.3 is 4.74 Å². The van der Waals surface area contributed by atoms with Crippen molar-refractivity contribution in [2.24, 2.45) is 0 Å². The third-order valence-electron chi connectivity index (χ3n) is 1.95. The second-order valence-electron chi connectivity index (χ2n) is 3.19. The summed E-state index contributed by atoms with van der Waals surface area (Å²) < 4.78 is 10.5. The van der Waals surface area contributed by atoms with Crippen molar-refractivity contribution < 1.29 is 9.53 Å². The molecule has 0 saturated carbocycles. The molecule has 0 spiro atoms. The maximum atomic E-state index is 11.6. The number of carbonyl (C=O) groups is 1. The molecular formula is C11H9BrN2O2S2. The van der Waals surface area contributed by atoms with E-state index in [1.807, 2.05) is 24.3 Å². The highest BCUT2D eigenvalue weighted by atomic mass is 79.9. The van der Waals surface area contributed by atoms with Gasteiger partial charge in [-0.05, 0) is 42.7 Å². The highest BCUT2D eigenvalue weighted by molar-refractivity contribution is 9.10. The van der Waals surface area contributed by atoms with Gasteiger partial charge in [0, 0.05) is 9.37 Å². The van der Waals surface area contributed by atoms with Gasteiger partial charge in [0.25, 0.3) is 0 Å². The van der Waals surface area contributed by atoms with Crippen LogP contribution < -0.4 is 0 Å². The third-order valence-corrected chi connectivity index (χ3v) is 4.36. The van der Waals surface area contributed by atoms with E-state index in [1.165, 1.54) is 23.3 Å². The lowest BCUT2D eigenvalue weighted by Crippen LogP contribution is -2.06. The van der Waals surface area contributed by atoms with E-state index in [4.69, 9.17) is 4.74 Å². The number of nitrogens with zero attached hydrogens (tertiary/aromatic N) is 2. The predicted molar refractivity (Wildman–Crippen MR) is 74.1 cm³/mol. The first kappa shape index (κ1) is 13.5. The molecular weight excluding hydrogens is 336 g/mol. The molecule has 0 atom stereocenters. The molecule has 2 rings (SSSR count). The molecule has 2 aromatic rings. The third kappa shape index (κ3) is 3.30. The first-order chi connectivity index (χ1) is 8.70. The highest BCUT2D eigenvalue weighted by Crippen LogP contribution is 2.33. The summed E-state index contributed by atoms with van der Waals surface area (Å²) in [5.74, 6) is -0.425. The Morgan fingerprint density at radius 3 is 2.83 bits per heavy atom. The fourth-order valence-electron chi connectivity index (χ4n) is 1.18. The molecule has 18 heavy (non-hydrogen) atoms. The van der Waals surface area contributed by atoms with Crippen molar-refractivity contribution >= 4 is 45.2 Å². The maximum Gasteiger partial charge on any atom is 0.361 e. The minimum Gasteiger partial charge on any atom is -0.461 e. The SMILES string of the molecule is CCOC(=O)c1nnsc1Sc1ccc(Br)cc1. The second kappa shape index (κ2) is 6.31. The van der Waals surface area contributed by atoms with Crippen LogP contribution in [0, 0.1) is 0 Å². The van der Waals surface area contributed by atoms with E-state index in [-0.39, 0.29) is 5.69 Å². The van der Waals surface area contributed by atoms with Gasteiger partial charge in [0.2, 0.25) is 0 Å². The summed E-state index contributed by atoms with van der Waals surface area (Å²) in [7, 11) is 0. The standard InChI is InChI=1S/C11H9BrN2O2S2/c1-2-16-10(15)9-11(18-14-13-9)17-8-5-3-7(12)4-6-8/h3-6H,2H2,1H3. The van der Waals surface area contributed by atoms with Gasteiger partial charge in [-0.3, -0.25) is 0 Å². The van der Waals surface area contributed by atoms with Crippen molar-refractivity contribution in [1.82, 2.24) is 9.59 Å². The van der Waals surface area contributed by atoms with E-state index in [9.17, 15) is 4.79 Å². The topological polar surface area (TPSA) is 52.1 Å². The van der Waals surface area contributed by atoms with Crippen LogP contribution in [0.2, 0.25) is 0 Å². The minimum absolute atomic E-state index is 0.287. The Hall–Kier alpha value is -0.920.